The summed E-state index contributed by atoms with van der Waals surface area (Å²) in [6, 6.07) is 19.9. The van der Waals surface area contributed by atoms with E-state index < -0.39 is 12.4 Å². The Labute approximate surface area is 243 Å². The molecule has 42 heavy (non-hydrogen) atoms. The molecule has 1 aliphatic heterocycles. The Bertz CT molecular complexity index is 1620. The van der Waals surface area contributed by atoms with Gasteiger partial charge in [0.2, 0.25) is 5.91 Å². The summed E-state index contributed by atoms with van der Waals surface area (Å²) < 4.78 is 42.6. The first-order valence-corrected chi connectivity index (χ1v) is 13.9. The number of urea groups is 1. The maximum absolute atomic E-state index is 12.5. The number of amidine groups is 1. The Balaban J connectivity index is 1.15. The van der Waals surface area contributed by atoms with E-state index in [1.165, 1.54) is 51.9 Å². The van der Waals surface area contributed by atoms with E-state index in [0.717, 1.165) is 16.7 Å². The minimum absolute atomic E-state index is 0.117. The number of ether oxygens (including phenoxy) is 1. The number of alkyl halides is 3. The Kier molecular flexibility index (Phi) is 8.57. The zero-order chi connectivity index (χ0) is 29.7. The first-order chi connectivity index (χ1) is 20.2. The van der Waals surface area contributed by atoms with Crippen molar-refractivity contribution < 1.29 is 27.5 Å². The molecule has 0 atom stereocenters. The number of aromatic nitrogens is 3. The average molecular weight is 595 g/mol. The van der Waals surface area contributed by atoms with E-state index in [2.05, 4.69) is 25.1 Å². The van der Waals surface area contributed by atoms with Crippen molar-refractivity contribution in [2.24, 2.45) is 4.99 Å². The highest BCUT2D eigenvalue weighted by Gasteiger charge is 2.32. The first-order valence-electron chi connectivity index (χ1n) is 12.9. The molecule has 216 valence electrons. The molecule has 0 bridgehead atoms. The minimum Gasteiger partial charge on any atom is -0.406 e. The summed E-state index contributed by atoms with van der Waals surface area (Å²) in [4.78, 5) is 34.9. The molecule has 1 saturated heterocycles. The Morgan fingerprint density at radius 3 is 2.64 bits per heavy atom. The van der Waals surface area contributed by atoms with E-state index in [9.17, 15) is 22.8 Å². The minimum atomic E-state index is -4.76. The van der Waals surface area contributed by atoms with Gasteiger partial charge in [-0.05, 0) is 67.3 Å². The standard InChI is InChI=1S/C29H25F3N6O3S/c1-19-6-2-3-10-24(19)38-25(39)17-42-28(38)35-27(40)33-15-5-8-20-7-4-9-21(16-20)26-34-18-37(36-26)22-11-13-23(14-12-22)41-29(30,31)32/h2-4,6-7,9-14,16,18H,5,8,15,17H2,1H3,(H,33,40)/b35-28-. The topological polar surface area (TPSA) is 102 Å². The van der Waals surface area contributed by atoms with Crippen molar-refractivity contribution in [3.05, 3.63) is 90.3 Å². The van der Waals surface area contributed by atoms with Crippen LogP contribution in [0, 0.1) is 6.92 Å². The molecule has 1 N–H and O–H groups in total. The van der Waals surface area contributed by atoms with E-state index >= 15 is 0 Å². The molecular weight excluding hydrogens is 569 g/mol. The van der Waals surface area contributed by atoms with E-state index in [1.54, 1.807) is 0 Å². The second-order valence-electron chi connectivity index (χ2n) is 9.29. The summed E-state index contributed by atoms with van der Waals surface area (Å²) in [5.74, 6) is 0.249. The quantitative estimate of drug-likeness (QED) is 0.254. The van der Waals surface area contributed by atoms with Crippen LogP contribution >= 0.6 is 11.8 Å². The molecule has 0 aliphatic carbocycles. The molecule has 0 unspecified atom stereocenters. The molecular formula is C29H25F3N6O3S. The summed E-state index contributed by atoms with van der Waals surface area (Å²) in [5.41, 5.74) is 3.95. The van der Waals surface area contributed by atoms with Crippen LogP contribution in [0.1, 0.15) is 17.5 Å². The monoisotopic (exact) mass is 594 g/mol. The van der Waals surface area contributed by atoms with Crippen LogP contribution in [0.15, 0.2) is 84.1 Å². The van der Waals surface area contributed by atoms with Crippen molar-refractivity contribution in [2.45, 2.75) is 26.1 Å². The van der Waals surface area contributed by atoms with Gasteiger partial charge in [-0.15, -0.1) is 18.3 Å². The second kappa shape index (κ2) is 12.5. The summed E-state index contributed by atoms with van der Waals surface area (Å²) in [6.45, 7) is 2.29. The highest BCUT2D eigenvalue weighted by molar-refractivity contribution is 8.15. The number of rotatable bonds is 8. The highest BCUT2D eigenvalue weighted by Crippen LogP contribution is 2.29. The molecule has 9 nitrogen and oxygen atoms in total. The summed E-state index contributed by atoms with van der Waals surface area (Å²) in [6.07, 6.45) is -1.95. The van der Waals surface area contributed by atoms with E-state index in [-0.39, 0.29) is 17.4 Å². The van der Waals surface area contributed by atoms with Crippen molar-refractivity contribution in [1.82, 2.24) is 20.1 Å². The number of carbonyl (C=O) groups is 2. The first kappa shape index (κ1) is 28.9. The second-order valence-corrected chi connectivity index (χ2v) is 10.2. The zero-order valence-corrected chi connectivity index (χ0v) is 23.2. The van der Waals surface area contributed by atoms with Crippen molar-refractivity contribution in [2.75, 3.05) is 17.2 Å². The number of nitrogens with one attached hydrogen (secondary N) is 1. The molecule has 1 fully saturated rings. The Hall–Kier alpha value is -4.65. The van der Waals surface area contributed by atoms with Crippen molar-refractivity contribution in [1.29, 1.82) is 0 Å². The third kappa shape index (κ3) is 7.16. The van der Waals surface area contributed by atoms with Gasteiger partial charge in [-0.2, -0.15) is 4.99 Å². The molecule has 5 rings (SSSR count). The van der Waals surface area contributed by atoms with Gasteiger partial charge in [0, 0.05) is 12.1 Å². The van der Waals surface area contributed by atoms with Gasteiger partial charge in [0.05, 0.1) is 17.1 Å². The van der Waals surface area contributed by atoms with Gasteiger partial charge in [-0.1, -0.05) is 48.2 Å². The van der Waals surface area contributed by atoms with Crippen LogP contribution in [0.4, 0.5) is 23.7 Å². The number of aryl methyl sites for hydroxylation is 2. The van der Waals surface area contributed by atoms with E-state index in [4.69, 9.17) is 0 Å². The van der Waals surface area contributed by atoms with Gasteiger partial charge in [0.1, 0.15) is 12.1 Å². The number of amides is 3. The zero-order valence-electron chi connectivity index (χ0n) is 22.3. The van der Waals surface area contributed by atoms with Crippen molar-refractivity contribution in [3.8, 4) is 22.8 Å². The molecule has 0 spiro atoms. The molecule has 1 aromatic heterocycles. The highest BCUT2D eigenvalue weighted by atomic mass is 32.2. The van der Waals surface area contributed by atoms with E-state index in [1.807, 2.05) is 55.5 Å². The molecule has 4 aromatic rings. The van der Waals surface area contributed by atoms with Crippen LogP contribution in [0.25, 0.3) is 17.1 Å². The van der Waals surface area contributed by atoms with E-state index in [0.29, 0.717) is 41.8 Å². The van der Waals surface area contributed by atoms with Crippen molar-refractivity contribution in [3.63, 3.8) is 0 Å². The number of hydrogen-bond acceptors (Lipinski definition) is 6. The van der Waals surface area contributed by atoms with Crippen LogP contribution in [-0.2, 0) is 11.2 Å². The van der Waals surface area contributed by atoms with Gasteiger partial charge < -0.3 is 10.1 Å². The maximum Gasteiger partial charge on any atom is 0.573 e. The van der Waals surface area contributed by atoms with Gasteiger partial charge in [-0.25, -0.2) is 14.5 Å². The molecule has 2 heterocycles. The van der Waals surface area contributed by atoms with Gasteiger partial charge in [0.15, 0.2) is 11.0 Å². The molecule has 3 aromatic carbocycles. The van der Waals surface area contributed by atoms with Gasteiger partial charge in [-0.3, -0.25) is 9.69 Å². The van der Waals surface area contributed by atoms with Crippen LogP contribution in [0.2, 0.25) is 0 Å². The molecule has 13 heteroatoms. The number of hydrogen-bond donors (Lipinski definition) is 1. The lowest BCUT2D eigenvalue weighted by molar-refractivity contribution is -0.274. The van der Waals surface area contributed by atoms with Crippen LogP contribution < -0.4 is 15.0 Å². The number of thioether (sulfide) groups is 1. The lowest BCUT2D eigenvalue weighted by Crippen LogP contribution is -2.32. The van der Waals surface area contributed by atoms with Crippen LogP contribution in [0.3, 0.4) is 0 Å². The Morgan fingerprint density at radius 2 is 1.88 bits per heavy atom. The summed E-state index contributed by atoms with van der Waals surface area (Å²) in [7, 11) is 0. The molecule has 3 amide bonds. The lowest BCUT2D eigenvalue weighted by atomic mass is 10.1. The third-order valence-electron chi connectivity index (χ3n) is 6.25. The third-order valence-corrected chi connectivity index (χ3v) is 7.17. The van der Waals surface area contributed by atoms with Gasteiger partial charge in [0.25, 0.3) is 0 Å². The van der Waals surface area contributed by atoms with Crippen LogP contribution in [0.5, 0.6) is 5.75 Å². The normalized spacial score (nSPS) is 14.4. The smallest absolute Gasteiger partial charge is 0.406 e. The Morgan fingerprint density at radius 1 is 1.10 bits per heavy atom. The molecule has 0 radical (unpaired) electrons. The summed E-state index contributed by atoms with van der Waals surface area (Å²) in [5, 5.41) is 7.59. The maximum atomic E-state index is 12.5. The van der Waals surface area contributed by atoms with Crippen molar-refractivity contribution >= 4 is 34.6 Å². The number of anilines is 1. The fraction of sp³-hybridized carbons (Fsp3) is 0.207. The molecule has 1 aliphatic rings. The lowest BCUT2D eigenvalue weighted by Gasteiger charge is -2.18. The number of halogens is 3. The largest absolute Gasteiger partial charge is 0.573 e. The molecule has 0 saturated carbocycles. The number of nitrogens with zero attached hydrogens (tertiary/aromatic N) is 5. The average Bonchev–Trinajstić information content (AvgIpc) is 3.59. The summed E-state index contributed by atoms with van der Waals surface area (Å²) >= 11 is 1.23. The fourth-order valence-corrected chi connectivity index (χ4v) is 5.15. The van der Waals surface area contributed by atoms with Crippen LogP contribution in [-0.4, -0.2) is 50.5 Å². The number of carbonyl (C=O) groups excluding carboxylic acids is 2. The number of benzene rings is 3. The number of aliphatic imine (C=N–C) groups is 1. The predicted octanol–water partition coefficient (Wildman–Crippen LogP) is 5.92. The number of para-hydroxylation sites is 1. The fourth-order valence-electron chi connectivity index (χ4n) is 4.30. The van der Waals surface area contributed by atoms with Gasteiger partial charge >= 0.3 is 12.4 Å². The SMILES string of the molecule is Cc1ccccc1N1C(=O)CS/C1=N\C(=O)NCCCc1cccc(-c2ncn(-c3ccc(OC(F)(F)F)cc3)n2)c1. The predicted molar refractivity (Wildman–Crippen MR) is 154 cm³/mol.